The molecule has 0 unspecified atom stereocenters. The third-order valence-corrected chi connectivity index (χ3v) is 3.37. The number of hydrogen-bond acceptors (Lipinski definition) is 4. The number of hydrogen-bond donors (Lipinski definition) is 1. The van der Waals surface area contributed by atoms with Gasteiger partial charge in [-0.3, -0.25) is 0 Å². The molecule has 1 heterocycles. The predicted molar refractivity (Wildman–Crippen MR) is 87.2 cm³/mol. The molecule has 0 spiro atoms. The van der Waals surface area contributed by atoms with E-state index in [1.807, 2.05) is 39.1 Å². The Balaban J connectivity index is 2.18. The lowest BCUT2D eigenvalue weighted by atomic mass is 10.2. The van der Waals surface area contributed by atoms with Crippen molar-refractivity contribution in [2.24, 2.45) is 0 Å². The Labute approximate surface area is 128 Å². The van der Waals surface area contributed by atoms with Crippen molar-refractivity contribution in [2.45, 2.75) is 20.4 Å². The van der Waals surface area contributed by atoms with E-state index in [9.17, 15) is 0 Å². The van der Waals surface area contributed by atoms with E-state index in [2.05, 4.69) is 48.2 Å². The summed E-state index contributed by atoms with van der Waals surface area (Å²) in [6.07, 6.45) is 0. The molecule has 1 aromatic carbocycles. The van der Waals surface area contributed by atoms with Crippen LogP contribution in [0.15, 0.2) is 34.8 Å². The molecule has 0 saturated carbocycles. The molecule has 1 aromatic heterocycles. The number of rotatable bonds is 5. The van der Waals surface area contributed by atoms with E-state index < -0.39 is 0 Å². The van der Waals surface area contributed by atoms with Crippen molar-refractivity contribution in [1.29, 1.82) is 0 Å². The predicted octanol–water partition coefficient (Wildman–Crippen LogP) is 3.62. The Morgan fingerprint density at radius 1 is 1.25 bits per heavy atom. The zero-order chi connectivity index (χ0) is 14.5. The standard InChI is InChI=1S/C15H19BrN4/c1-4-17-15-18-11(2)8-14(19-15)20(3)10-12-6-5-7-13(16)9-12/h5-9H,4,10H2,1-3H3,(H,17,18,19). The summed E-state index contributed by atoms with van der Waals surface area (Å²) in [7, 11) is 2.04. The first-order valence-corrected chi connectivity index (χ1v) is 7.43. The molecular weight excluding hydrogens is 316 g/mol. The molecule has 0 aliphatic carbocycles. The van der Waals surface area contributed by atoms with Crippen LogP contribution in [0.5, 0.6) is 0 Å². The van der Waals surface area contributed by atoms with E-state index in [1.54, 1.807) is 0 Å². The van der Waals surface area contributed by atoms with Gasteiger partial charge in [0.1, 0.15) is 5.82 Å². The van der Waals surface area contributed by atoms with E-state index in [-0.39, 0.29) is 0 Å². The molecule has 20 heavy (non-hydrogen) atoms. The van der Waals surface area contributed by atoms with Crippen LogP contribution in [0, 0.1) is 6.92 Å². The fourth-order valence-corrected chi connectivity index (χ4v) is 2.42. The average Bonchev–Trinajstić information content (AvgIpc) is 2.38. The Hall–Kier alpha value is -1.62. The van der Waals surface area contributed by atoms with Crippen molar-refractivity contribution in [3.05, 3.63) is 46.1 Å². The van der Waals surface area contributed by atoms with Crippen LogP contribution < -0.4 is 10.2 Å². The highest BCUT2D eigenvalue weighted by Gasteiger charge is 2.07. The van der Waals surface area contributed by atoms with E-state index in [0.717, 1.165) is 29.1 Å². The van der Waals surface area contributed by atoms with Crippen LogP contribution in [-0.4, -0.2) is 23.6 Å². The second-order valence-corrected chi connectivity index (χ2v) is 5.62. The molecule has 106 valence electrons. The van der Waals surface area contributed by atoms with E-state index in [0.29, 0.717) is 5.95 Å². The van der Waals surface area contributed by atoms with Gasteiger partial charge >= 0.3 is 0 Å². The molecule has 0 saturated heterocycles. The summed E-state index contributed by atoms with van der Waals surface area (Å²) in [6.45, 7) is 5.65. The molecule has 0 aliphatic rings. The normalized spacial score (nSPS) is 10.4. The Kier molecular flexibility index (Phi) is 4.95. The summed E-state index contributed by atoms with van der Waals surface area (Å²) in [5.41, 5.74) is 2.20. The lowest BCUT2D eigenvalue weighted by molar-refractivity contribution is 0.885. The van der Waals surface area contributed by atoms with Crippen molar-refractivity contribution in [1.82, 2.24) is 9.97 Å². The Morgan fingerprint density at radius 3 is 2.75 bits per heavy atom. The number of aryl methyl sites for hydroxylation is 1. The second-order valence-electron chi connectivity index (χ2n) is 4.71. The van der Waals surface area contributed by atoms with E-state index in [4.69, 9.17) is 0 Å². The molecule has 4 nitrogen and oxygen atoms in total. The minimum Gasteiger partial charge on any atom is -0.355 e. The summed E-state index contributed by atoms with van der Waals surface area (Å²) in [6, 6.07) is 10.3. The Bertz CT molecular complexity index is 586. The van der Waals surface area contributed by atoms with Gasteiger partial charge in [-0.15, -0.1) is 0 Å². The van der Waals surface area contributed by atoms with Gasteiger partial charge in [0.15, 0.2) is 0 Å². The van der Waals surface area contributed by atoms with Crippen LogP contribution in [0.2, 0.25) is 0 Å². The fourth-order valence-electron chi connectivity index (χ4n) is 1.97. The van der Waals surface area contributed by atoms with Crippen LogP contribution in [0.4, 0.5) is 11.8 Å². The Morgan fingerprint density at radius 2 is 2.05 bits per heavy atom. The van der Waals surface area contributed by atoms with Crippen molar-refractivity contribution in [3.8, 4) is 0 Å². The van der Waals surface area contributed by atoms with Crippen LogP contribution in [0.25, 0.3) is 0 Å². The number of anilines is 2. The third-order valence-electron chi connectivity index (χ3n) is 2.88. The van der Waals surface area contributed by atoms with Crippen molar-refractivity contribution < 1.29 is 0 Å². The average molecular weight is 335 g/mol. The van der Waals surface area contributed by atoms with E-state index in [1.165, 1.54) is 5.56 Å². The zero-order valence-electron chi connectivity index (χ0n) is 12.0. The van der Waals surface area contributed by atoms with Crippen LogP contribution >= 0.6 is 15.9 Å². The molecule has 0 fully saturated rings. The van der Waals surface area contributed by atoms with Gasteiger partial charge in [-0.2, -0.15) is 4.98 Å². The number of nitrogens with one attached hydrogen (secondary N) is 1. The van der Waals surface area contributed by atoms with Crippen LogP contribution in [0.3, 0.4) is 0 Å². The van der Waals surface area contributed by atoms with Gasteiger partial charge in [0.2, 0.25) is 5.95 Å². The van der Waals surface area contributed by atoms with Crippen molar-refractivity contribution in [3.63, 3.8) is 0 Å². The SMILES string of the molecule is CCNc1nc(C)cc(N(C)Cc2cccc(Br)c2)n1. The highest BCUT2D eigenvalue weighted by molar-refractivity contribution is 9.10. The largest absolute Gasteiger partial charge is 0.355 e. The molecular formula is C15H19BrN4. The van der Waals surface area contributed by atoms with Crippen molar-refractivity contribution >= 4 is 27.7 Å². The third kappa shape index (κ3) is 3.93. The summed E-state index contributed by atoms with van der Waals surface area (Å²) in [5.74, 6) is 1.61. The molecule has 2 rings (SSSR count). The molecule has 0 aliphatic heterocycles. The van der Waals surface area contributed by atoms with Crippen LogP contribution in [0.1, 0.15) is 18.2 Å². The van der Waals surface area contributed by atoms with Gasteiger partial charge in [0.25, 0.3) is 0 Å². The van der Waals surface area contributed by atoms with Gasteiger partial charge in [0, 0.05) is 36.4 Å². The first-order valence-electron chi connectivity index (χ1n) is 6.63. The van der Waals surface area contributed by atoms with Gasteiger partial charge in [0.05, 0.1) is 0 Å². The van der Waals surface area contributed by atoms with Gasteiger partial charge in [-0.05, 0) is 31.5 Å². The highest BCUT2D eigenvalue weighted by Crippen LogP contribution is 2.18. The van der Waals surface area contributed by atoms with E-state index >= 15 is 0 Å². The number of halogens is 1. The topological polar surface area (TPSA) is 41.1 Å². The first-order chi connectivity index (χ1) is 9.58. The summed E-state index contributed by atoms with van der Waals surface area (Å²) in [5, 5.41) is 3.16. The molecule has 2 aromatic rings. The smallest absolute Gasteiger partial charge is 0.224 e. The lowest BCUT2D eigenvalue weighted by Gasteiger charge is -2.19. The maximum absolute atomic E-state index is 4.53. The maximum Gasteiger partial charge on any atom is 0.224 e. The minimum absolute atomic E-state index is 0.684. The van der Waals surface area contributed by atoms with Crippen LogP contribution in [-0.2, 0) is 6.54 Å². The van der Waals surface area contributed by atoms with Crippen molar-refractivity contribution in [2.75, 3.05) is 23.8 Å². The first kappa shape index (κ1) is 14.8. The van der Waals surface area contributed by atoms with Gasteiger partial charge in [-0.1, -0.05) is 28.1 Å². The van der Waals surface area contributed by atoms with Gasteiger partial charge < -0.3 is 10.2 Å². The highest BCUT2D eigenvalue weighted by atomic mass is 79.9. The summed E-state index contributed by atoms with van der Waals surface area (Å²) >= 11 is 3.50. The quantitative estimate of drug-likeness (QED) is 0.906. The minimum atomic E-state index is 0.684. The molecule has 1 N–H and O–H groups in total. The molecule has 0 radical (unpaired) electrons. The summed E-state index contributed by atoms with van der Waals surface area (Å²) < 4.78 is 1.09. The number of benzene rings is 1. The fraction of sp³-hybridized carbons (Fsp3) is 0.333. The molecule has 0 atom stereocenters. The second kappa shape index (κ2) is 6.70. The van der Waals surface area contributed by atoms with Gasteiger partial charge in [-0.25, -0.2) is 4.98 Å². The number of nitrogens with zero attached hydrogens (tertiary/aromatic N) is 3. The molecule has 0 bridgehead atoms. The molecule has 0 amide bonds. The summed E-state index contributed by atoms with van der Waals surface area (Å²) in [4.78, 5) is 11.0. The monoisotopic (exact) mass is 334 g/mol. The lowest BCUT2D eigenvalue weighted by Crippen LogP contribution is -2.19. The zero-order valence-corrected chi connectivity index (χ0v) is 13.6. The maximum atomic E-state index is 4.53. The molecule has 5 heteroatoms. The number of aromatic nitrogens is 2.